The first-order valence-corrected chi connectivity index (χ1v) is 10.2. The molecule has 3 rings (SSSR count). The smallest absolute Gasteiger partial charge is 0.330 e. The van der Waals surface area contributed by atoms with Crippen LogP contribution in [0.15, 0.2) is 34.0 Å². The molecule has 8 N–H and O–H groups in total. The molecule has 2 saturated heterocycles. The van der Waals surface area contributed by atoms with Gasteiger partial charge in [-0.05, 0) is 6.42 Å². The molecule has 2 aliphatic rings. The Labute approximate surface area is 186 Å². The highest BCUT2D eigenvalue weighted by Gasteiger charge is 2.47. The average Bonchev–Trinajstić information content (AvgIpc) is 3.07. The highest BCUT2D eigenvalue weighted by atomic mass is 16.7. The van der Waals surface area contributed by atoms with Crippen molar-refractivity contribution in [1.82, 2.24) is 9.55 Å². The monoisotopic (exact) mass is 476 g/mol. The van der Waals surface area contributed by atoms with Gasteiger partial charge in [-0.2, -0.15) is 0 Å². The summed E-state index contributed by atoms with van der Waals surface area (Å²) in [4.78, 5) is 25.1. The zero-order chi connectivity index (χ0) is 24.3. The average molecular weight is 476 g/mol. The van der Waals surface area contributed by atoms with Crippen LogP contribution in [0.1, 0.15) is 12.6 Å². The highest BCUT2D eigenvalue weighted by Crippen LogP contribution is 2.31. The summed E-state index contributed by atoms with van der Waals surface area (Å²) < 4.78 is 16.8. The van der Waals surface area contributed by atoms with Crippen molar-refractivity contribution in [2.75, 3.05) is 13.2 Å². The van der Waals surface area contributed by atoms with E-state index in [0.717, 1.165) is 16.8 Å². The summed E-state index contributed by atoms with van der Waals surface area (Å²) >= 11 is 0. The van der Waals surface area contributed by atoms with Crippen LogP contribution >= 0.6 is 0 Å². The van der Waals surface area contributed by atoms with Crippen LogP contribution in [-0.4, -0.2) is 114 Å². The predicted octanol–water partition coefficient (Wildman–Crippen LogP) is -4.72. The second-order valence-corrected chi connectivity index (χ2v) is 7.79. The lowest BCUT2D eigenvalue weighted by atomic mass is 9.99. The van der Waals surface area contributed by atoms with Crippen molar-refractivity contribution in [2.24, 2.45) is 0 Å². The van der Waals surface area contributed by atoms with Gasteiger partial charge in [0.25, 0.3) is 5.56 Å². The first-order valence-electron chi connectivity index (χ1n) is 10.2. The SMILES string of the molecule is O=c1ccn([C@@H]2O[C@H]([C@@H](O)C/C=C/CO[C@H]3O[C@H](CO)[C@H](O)[C@H](O)[C@H]3O)[C@@H](O)[C@H]2O)c(=O)[nH]1. The highest BCUT2D eigenvalue weighted by molar-refractivity contribution is 4.98. The maximum atomic E-state index is 11.9. The summed E-state index contributed by atoms with van der Waals surface area (Å²) in [6.45, 7) is -0.712. The minimum absolute atomic E-state index is 0.0419. The molecule has 14 nitrogen and oxygen atoms in total. The molecule has 33 heavy (non-hydrogen) atoms. The van der Waals surface area contributed by atoms with E-state index in [4.69, 9.17) is 19.3 Å². The number of aromatic nitrogens is 2. The molecule has 2 fully saturated rings. The Morgan fingerprint density at radius 2 is 1.76 bits per heavy atom. The minimum Gasteiger partial charge on any atom is -0.394 e. The Hall–Kier alpha value is -1.98. The quantitative estimate of drug-likeness (QED) is 0.166. The Morgan fingerprint density at radius 1 is 1.03 bits per heavy atom. The van der Waals surface area contributed by atoms with E-state index >= 15 is 0 Å². The van der Waals surface area contributed by atoms with E-state index in [1.165, 1.54) is 12.2 Å². The molecular weight excluding hydrogens is 448 g/mol. The topological polar surface area (TPSA) is 224 Å². The Morgan fingerprint density at radius 3 is 2.42 bits per heavy atom. The lowest BCUT2D eigenvalue weighted by Crippen LogP contribution is -2.59. The molecular formula is C19H28N2O12. The van der Waals surface area contributed by atoms with Crippen LogP contribution in [0.3, 0.4) is 0 Å². The van der Waals surface area contributed by atoms with Gasteiger partial charge in [0.1, 0.15) is 42.7 Å². The van der Waals surface area contributed by atoms with Crippen molar-refractivity contribution in [2.45, 2.75) is 67.8 Å². The summed E-state index contributed by atoms with van der Waals surface area (Å²) in [5, 5.41) is 69.3. The molecule has 0 saturated carbocycles. The van der Waals surface area contributed by atoms with Crippen molar-refractivity contribution in [3.8, 4) is 0 Å². The zero-order valence-corrected chi connectivity index (χ0v) is 17.3. The maximum absolute atomic E-state index is 11.9. The molecule has 0 spiro atoms. The van der Waals surface area contributed by atoms with Gasteiger partial charge in [0.2, 0.25) is 0 Å². The third-order valence-corrected chi connectivity index (χ3v) is 5.53. The molecule has 14 heteroatoms. The first-order chi connectivity index (χ1) is 15.6. The third kappa shape index (κ3) is 5.58. The number of ether oxygens (including phenoxy) is 3. The minimum atomic E-state index is -1.57. The van der Waals surface area contributed by atoms with Gasteiger partial charge in [0.15, 0.2) is 12.5 Å². The van der Waals surface area contributed by atoms with Gasteiger partial charge < -0.3 is 50.0 Å². The van der Waals surface area contributed by atoms with Crippen molar-refractivity contribution in [3.63, 3.8) is 0 Å². The molecule has 0 aliphatic carbocycles. The normalized spacial score (nSPS) is 38.1. The molecule has 3 heterocycles. The van der Waals surface area contributed by atoms with E-state index in [2.05, 4.69) is 0 Å². The number of aliphatic hydroxyl groups excluding tert-OH is 7. The van der Waals surface area contributed by atoms with Crippen LogP contribution in [0.5, 0.6) is 0 Å². The van der Waals surface area contributed by atoms with Crippen LogP contribution in [0.25, 0.3) is 0 Å². The molecule has 0 amide bonds. The van der Waals surface area contributed by atoms with E-state index in [9.17, 15) is 40.2 Å². The number of hydrogen-bond acceptors (Lipinski definition) is 12. The number of aromatic amines is 1. The molecule has 0 bridgehead atoms. The largest absolute Gasteiger partial charge is 0.394 e. The maximum Gasteiger partial charge on any atom is 0.330 e. The molecule has 10 atom stereocenters. The van der Waals surface area contributed by atoms with Crippen LogP contribution < -0.4 is 11.2 Å². The standard InChI is InChI=1S/C19H28N2O12/c22-7-9-11(25)12(26)15(29)18(32-9)31-6-2-1-3-8(23)16-13(27)14(28)17(33-16)21-5-4-10(24)20-19(21)30/h1-2,4-5,8-9,11-18,22-23,25-29H,3,6-7H2,(H,20,24,30)/b2-1+/t8-,9+,11-,12-,13-,14+,15+,16+,17+,18-/m0/s1. The number of hydrogen-bond donors (Lipinski definition) is 8. The lowest BCUT2D eigenvalue weighted by molar-refractivity contribution is -0.298. The Kier molecular flexibility index (Phi) is 8.52. The van der Waals surface area contributed by atoms with Gasteiger partial charge in [-0.3, -0.25) is 14.3 Å². The molecule has 1 aromatic rings. The van der Waals surface area contributed by atoms with Gasteiger partial charge in [-0.25, -0.2) is 4.79 Å². The van der Waals surface area contributed by atoms with Gasteiger partial charge in [0.05, 0.1) is 19.3 Å². The number of nitrogens with zero attached hydrogens (tertiary/aromatic N) is 1. The summed E-state index contributed by atoms with van der Waals surface area (Å²) in [7, 11) is 0. The van der Waals surface area contributed by atoms with Gasteiger partial charge >= 0.3 is 5.69 Å². The van der Waals surface area contributed by atoms with E-state index in [1.807, 2.05) is 4.98 Å². The lowest BCUT2D eigenvalue weighted by Gasteiger charge is -2.39. The van der Waals surface area contributed by atoms with Crippen molar-refractivity contribution < 1.29 is 50.0 Å². The van der Waals surface area contributed by atoms with Crippen molar-refractivity contribution in [1.29, 1.82) is 0 Å². The van der Waals surface area contributed by atoms with Crippen molar-refractivity contribution in [3.05, 3.63) is 45.3 Å². The summed E-state index contributed by atoms with van der Waals surface area (Å²) in [5.74, 6) is 0. The summed E-state index contributed by atoms with van der Waals surface area (Å²) in [6, 6.07) is 1.05. The van der Waals surface area contributed by atoms with E-state index in [1.54, 1.807) is 0 Å². The fourth-order valence-corrected chi connectivity index (χ4v) is 3.65. The van der Waals surface area contributed by atoms with E-state index < -0.39 is 79.2 Å². The first kappa shape index (κ1) is 25.6. The third-order valence-electron chi connectivity index (χ3n) is 5.53. The number of rotatable bonds is 8. The predicted molar refractivity (Wildman–Crippen MR) is 107 cm³/mol. The molecule has 0 radical (unpaired) electrons. The zero-order valence-electron chi connectivity index (χ0n) is 17.3. The molecule has 2 aliphatic heterocycles. The second kappa shape index (κ2) is 11.0. The van der Waals surface area contributed by atoms with Crippen LogP contribution in [0.2, 0.25) is 0 Å². The Balaban J connectivity index is 1.51. The molecule has 1 aromatic heterocycles. The van der Waals surface area contributed by atoms with E-state index in [0.29, 0.717) is 0 Å². The second-order valence-electron chi connectivity index (χ2n) is 7.79. The van der Waals surface area contributed by atoms with Gasteiger partial charge in [-0.15, -0.1) is 0 Å². The number of aliphatic hydroxyl groups is 7. The fourth-order valence-electron chi connectivity index (χ4n) is 3.65. The van der Waals surface area contributed by atoms with Crippen molar-refractivity contribution >= 4 is 0 Å². The van der Waals surface area contributed by atoms with Crippen LogP contribution in [0, 0.1) is 0 Å². The van der Waals surface area contributed by atoms with Gasteiger partial charge in [-0.1, -0.05) is 12.2 Å². The Bertz CT molecular complexity index is 917. The van der Waals surface area contributed by atoms with E-state index in [-0.39, 0.29) is 13.0 Å². The van der Waals surface area contributed by atoms with Crippen LogP contribution in [0.4, 0.5) is 0 Å². The number of H-pyrrole nitrogens is 1. The fraction of sp³-hybridized carbons (Fsp3) is 0.684. The summed E-state index contributed by atoms with van der Waals surface area (Å²) in [5.41, 5.74) is -1.49. The molecule has 0 unspecified atom stereocenters. The van der Waals surface area contributed by atoms with Crippen LogP contribution in [-0.2, 0) is 14.2 Å². The molecule has 186 valence electrons. The summed E-state index contributed by atoms with van der Waals surface area (Å²) in [6.07, 6.45) is -9.91. The molecule has 0 aromatic carbocycles. The van der Waals surface area contributed by atoms with Gasteiger partial charge in [0, 0.05) is 12.3 Å². The number of nitrogens with one attached hydrogen (secondary N) is 1.